The second kappa shape index (κ2) is 9.38. The Balaban J connectivity index is 2.24. The Kier molecular flexibility index (Phi) is 8.15. The van der Waals surface area contributed by atoms with E-state index < -0.39 is 10.8 Å². The number of hydrogen-bond acceptors (Lipinski definition) is 2. The first-order chi connectivity index (χ1) is 9.15. The number of unbranched alkanes of at least 4 members (excludes halogenated alkanes) is 6. The first kappa shape index (κ1) is 16.5. The molecule has 1 aromatic rings. The molecule has 0 saturated heterocycles. The Labute approximate surface area is 124 Å². The summed E-state index contributed by atoms with van der Waals surface area (Å²) in [5.74, 6) is 0.694. The molecule has 0 heterocycles. The van der Waals surface area contributed by atoms with E-state index in [0.717, 1.165) is 17.7 Å². The lowest BCUT2D eigenvalue weighted by atomic mass is 10.1. The summed E-state index contributed by atoms with van der Waals surface area (Å²) in [6, 6.07) is 5.18. The van der Waals surface area contributed by atoms with E-state index in [1.54, 1.807) is 18.2 Å². The van der Waals surface area contributed by atoms with Crippen LogP contribution in [0.2, 0.25) is 5.02 Å². The predicted octanol–water partition coefficient (Wildman–Crippen LogP) is 4.78. The van der Waals surface area contributed by atoms with Crippen molar-refractivity contribution in [1.29, 1.82) is 0 Å². The van der Waals surface area contributed by atoms with Crippen molar-refractivity contribution < 1.29 is 4.21 Å². The quantitative estimate of drug-likeness (QED) is 0.527. The third-order valence-electron chi connectivity index (χ3n) is 3.15. The van der Waals surface area contributed by atoms with Gasteiger partial charge in [-0.25, -0.2) is 0 Å². The fourth-order valence-electron chi connectivity index (χ4n) is 2.03. The van der Waals surface area contributed by atoms with Crippen molar-refractivity contribution in [2.24, 2.45) is 0 Å². The van der Waals surface area contributed by atoms with Gasteiger partial charge in [-0.05, 0) is 24.6 Å². The smallest absolute Gasteiger partial charge is 0.0618 e. The Hall–Kier alpha value is -0.540. The highest BCUT2D eigenvalue weighted by Crippen LogP contribution is 2.22. The summed E-state index contributed by atoms with van der Waals surface area (Å²) in [6.45, 7) is 2.22. The minimum atomic E-state index is -0.996. The summed E-state index contributed by atoms with van der Waals surface area (Å²) in [5, 5.41) is 0.592. The molecule has 1 unspecified atom stereocenters. The molecule has 0 aliphatic carbocycles. The van der Waals surface area contributed by atoms with Gasteiger partial charge in [0.2, 0.25) is 0 Å². The lowest BCUT2D eigenvalue weighted by Crippen LogP contribution is -2.02. The number of nitrogen functional groups attached to an aromatic ring is 1. The van der Waals surface area contributed by atoms with Crippen LogP contribution in [0.5, 0.6) is 0 Å². The highest BCUT2D eigenvalue weighted by Gasteiger charge is 2.08. The van der Waals surface area contributed by atoms with Crippen LogP contribution >= 0.6 is 11.6 Å². The number of nitrogens with two attached hydrogens (primary N) is 1. The van der Waals surface area contributed by atoms with E-state index in [4.69, 9.17) is 17.3 Å². The van der Waals surface area contributed by atoms with Gasteiger partial charge >= 0.3 is 0 Å². The second-order valence-electron chi connectivity index (χ2n) is 4.85. The predicted molar refractivity (Wildman–Crippen MR) is 85.1 cm³/mol. The SMILES string of the molecule is CCCCCCCCCS(=O)c1ccc(Cl)cc1N. The van der Waals surface area contributed by atoms with Gasteiger partial charge in [-0.3, -0.25) is 4.21 Å². The van der Waals surface area contributed by atoms with E-state index in [9.17, 15) is 4.21 Å². The minimum Gasteiger partial charge on any atom is -0.398 e. The molecule has 2 nitrogen and oxygen atoms in total. The molecule has 1 atom stereocenters. The molecule has 0 fully saturated rings. The summed E-state index contributed by atoms with van der Waals surface area (Å²) in [7, 11) is -0.996. The Morgan fingerprint density at radius 2 is 1.74 bits per heavy atom. The van der Waals surface area contributed by atoms with Crippen LogP contribution in [0.4, 0.5) is 5.69 Å². The van der Waals surface area contributed by atoms with E-state index >= 15 is 0 Å². The van der Waals surface area contributed by atoms with Crippen LogP contribution in [-0.4, -0.2) is 9.96 Å². The Morgan fingerprint density at radius 1 is 1.11 bits per heavy atom. The van der Waals surface area contributed by atoms with Gasteiger partial charge in [0.1, 0.15) is 0 Å². The van der Waals surface area contributed by atoms with E-state index in [1.165, 1.54) is 32.1 Å². The van der Waals surface area contributed by atoms with Crippen molar-refractivity contribution >= 4 is 28.1 Å². The summed E-state index contributed by atoms with van der Waals surface area (Å²) >= 11 is 5.83. The van der Waals surface area contributed by atoms with Crippen LogP contribution in [0.15, 0.2) is 23.1 Å². The average Bonchev–Trinajstić information content (AvgIpc) is 2.37. The molecular formula is C15H24ClNOS. The van der Waals surface area contributed by atoms with Crippen molar-refractivity contribution in [1.82, 2.24) is 0 Å². The van der Waals surface area contributed by atoms with Gasteiger partial charge in [0.05, 0.1) is 15.7 Å². The average molecular weight is 302 g/mol. The normalized spacial score (nSPS) is 12.5. The summed E-state index contributed by atoms with van der Waals surface area (Å²) in [6.07, 6.45) is 8.62. The molecule has 2 N–H and O–H groups in total. The fourth-order valence-corrected chi connectivity index (χ4v) is 3.44. The number of hydrogen-bond donors (Lipinski definition) is 1. The standard InChI is InChI=1S/C15H24ClNOS/c1-2-3-4-5-6-7-8-11-19(18)15-10-9-13(16)12-14(15)17/h9-10,12H,2-8,11,17H2,1H3. The Bertz CT molecular complexity index is 409. The molecule has 0 aliphatic heterocycles. The van der Waals surface area contributed by atoms with Gasteiger partial charge in [0.25, 0.3) is 0 Å². The maximum absolute atomic E-state index is 12.1. The molecule has 0 radical (unpaired) electrons. The summed E-state index contributed by atoms with van der Waals surface area (Å²) in [5.41, 5.74) is 6.37. The molecule has 1 aromatic carbocycles. The van der Waals surface area contributed by atoms with E-state index in [-0.39, 0.29) is 0 Å². The van der Waals surface area contributed by atoms with Gasteiger partial charge in [0.15, 0.2) is 0 Å². The van der Waals surface area contributed by atoms with Crippen LogP contribution in [0.25, 0.3) is 0 Å². The summed E-state index contributed by atoms with van der Waals surface area (Å²) in [4.78, 5) is 0.718. The van der Waals surface area contributed by atoms with Crippen LogP contribution in [0.1, 0.15) is 51.9 Å². The van der Waals surface area contributed by atoms with E-state index in [2.05, 4.69) is 6.92 Å². The molecule has 0 aromatic heterocycles. The van der Waals surface area contributed by atoms with Crippen molar-refractivity contribution in [3.8, 4) is 0 Å². The van der Waals surface area contributed by atoms with E-state index in [1.807, 2.05) is 0 Å². The summed E-state index contributed by atoms with van der Waals surface area (Å²) < 4.78 is 12.1. The van der Waals surface area contributed by atoms with Gasteiger partial charge in [-0.2, -0.15) is 0 Å². The maximum atomic E-state index is 12.1. The highest BCUT2D eigenvalue weighted by atomic mass is 35.5. The third-order valence-corrected chi connectivity index (χ3v) is 4.91. The first-order valence-electron chi connectivity index (χ1n) is 7.08. The topological polar surface area (TPSA) is 43.1 Å². The van der Waals surface area contributed by atoms with Crippen LogP contribution < -0.4 is 5.73 Å². The molecule has 0 spiro atoms. The zero-order chi connectivity index (χ0) is 14.1. The van der Waals surface area contributed by atoms with Crippen molar-refractivity contribution in [2.45, 2.75) is 56.8 Å². The zero-order valence-electron chi connectivity index (χ0n) is 11.7. The number of benzene rings is 1. The number of rotatable bonds is 9. The lowest BCUT2D eigenvalue weighted by Gasteiger charge is -2.06. The molecule has 4 heteroatoms. The number of anilines is 1. The van der Waals surface area contributed by atoms with Crippen molar-refractivity contribution in [3.05, 3.63) is 23.2 Å². The lowest BCUT2D eigenvalue weighted by molar-refractivity contribution is 0.601. The van der Waals surface area contributed by atoms with Gasteiger partial charge in [0, 0.05) is 16.5 Å². The van der Waals surface area contributed by atoms with Gasteiger partial charge < -0.3 is 5.73 Å². The highest BCUT2D eigenvalue weighted by molar-refractivity contribution is 7.85. The van der Waals surface area contributed by atoms with Crippen LogP contribution in [0, 0.1) is 0 Å². The zero-order valence-corrected chi connectivity index (χ0v) is 13.2. The monoisotopic (exact) mass is 301 g/mol. The third kappa shape index (κ3) is 6.44. The van der Waals surface area contributed by atoms with Gasteiger partial charge in [-0.1, -0.05) is 57.0 Å². The largest absolute Gasteiger partial charge is 0.398 e. The molecule has 0 aliphatic rings. The van der Waals surface area contributed by atoms with Crippen molar-refractivity contribution in [2.75, 3.05) is 11.5 Å². The van der Waals surface area contributed by atoms with Crippen LogP contribution in [-0.2, 0) is 10.8 Å². The fraction of sp³-hybridized carbons (Fsp3) is 0.600. The molecule has 0 saturated carbocycles. The first-order valence-corrected chi connectivity index (χ1v) is 8.78. The van der Waals surface area contributed by atoms with E-state index in [0.29, 0.717) is 16.5 Å². The maximum Gasteiger partial charge on any atom is 0.0618 e. The van der Waals surface area contributed by atoms with Crippen LogP contribution in [0.3, 0.4) is 0 Å². The molecule has 108 valence electrons. The molecule has 1 rings (SSSR count). The minimum absolute atomic E-state index is 0.536. The number of halogens is 1. The molecular weight excluding hydrogens is 278 g/mol. The molecule has 19 heavy (non-hydrogen) atoms. The second-order valence-corrected chi connectivity index (χ2v) is 6.83. The van der Waals surface area contributed by atoms with Crippen molar-refractivity contribution in [3.63, 3.8) is 0 Å². The Morgan fingerprint density at radius 3 is 2.37 bits per heavy atom. The van der Waals surface area contributed by atoms with Gasteiger partial charge in [-0.15, -0.1) is 0 Å². The molecule has 0 amide bonds. The molecule has 0 bridgehead atoms.